The Labute approximate surface area is 315 Å². The quantitative estimate of drug-likeness (QED) is 0.115. The maximum Gasteiger partial charge on any atom is 0.407 e. The minimum absolute atomic E-state index is 0.0336. The van der Waals surface area contributed by atoms with Crippen LogP contribution < -0.4 is 15.4 Å². The summed E-state index contributed by atoms with van der Waals surface area (Å²) >= 11 is 0. The van der Waals surface area contributed by atoms with Gasteiger partial charge in [0.2, 0.25) is 5.91 Å². The lowest BCUT2D eigenvalue weighted by atomic mass is 9.88. The molecule has 1 aliphatic rings. The van der Waals surface area contributed by atoms with Crippen LogP contribution in [0.1, 0.15) is 66.9 Å². The number of amides is 2. The highest BCUT2D eigenvalue weighted by Crippen LogP contribution is 2.32. The maximum absolute atomic E-state index is 14.2. The average molecular weight is 733 g/mol. The molecule has 0 bridgehead atoms. The number of aromatic nitrogens is 4. The summed E-state index contributed by atoms with van der Waals surface area (Å²) in [5.74, 6) is 0.155. The molecule has 0 radical (unpaired) electrons. The van der Waals surface area contributed by atoms with Gasteiger partial charge in [0.05, 0.1) is 30.8 Å². The van der Waals surface area contributed by atoms with Crippen LogP contribution in [0.25, 0.3) is 0 Å². The Bertz CT molecular complexity index is 1960. The molecule has 282 valence electrons. The Morgan fingerprint density at radius 2 is 1.52 bits per heavy atom. The molecular weight excluding hydrogens is 684 g/mol. The fourth-order valence-electron chi connectivity index (χ4n) is 6.73. The van der Waals surface area contributed by atoms with E-state index in [1.165, 1.54) is 0 Å². The highest BCUT2D eigenvalue weighted by atomic mass is 16.6. The number of aliphatic hydroxyl groups excluding tert-OH is 2. The maximum atomic E-state index is 14.2. The van der Waals surface area contributed by atoms with E-state index in [-0.39, 0.29) is 25.4 Å². The molecule has 4 N–H and O–H groups in total. The summed E-state index contributed by atoms with van der Waals surface area (Å²) in [5.41, 5.74) is 3.95. The Morgan fingerprint density at radius 1 is 0.870 bits per heavy atom. The van der Waals surface area contributed by atoms with Gasteiger partial charge in [0, 0.05) is 12.3 Å². The van der Waals surface area contributed by atoms with E-state index in [1.807, 2.05) is 109 Å². The molecule has 54 heavy (non-hydrogen) atoms. The Morgan fingerprint density at radius 3 is 2.22 bits per heavy atom. The highest BCUT2D eigenvalue weighted by molar-refractivity contribution is 5.80. The summed E-state index contributed by atoms with van der Waals surface area (Å²) in [4.78, 5) is 27.1. The first kappa shape index (κ1) is 38.1. The van der Waals surface area contributed by atoms with Crippen molar-refractivity contribution in [3.8, 4) is 5.75 Å². The van der Waals surface area contributed by atoms with E-state index < -0.39 is 41.9 Å². The van der Waals surface area contributed by atoms with E-state index in [9.17, 15) is 19.8 Å². The van der Waals surface area contributed by atoms with Gasteiger partial charge in [-0.05, 0) is 90.4 Å². The van der Waals surface area contributed by atoms with Crippen LogP contribution in [0.4, 0.5) is 4.79 Å². The van der Waals surface area contributed by atoms with Crippen molar-refractivity contribution in [2.45, 2.75) is 89.5 Å². The molecule has 0 saturated heterocycles. The SMILES string of the molecule is CC(C)(C)OC(=O)N[C@@H](Cc1ccccc1)[C@@H](O)C[C@@H](Cc1ccc(OCc2nnnn2Cc2ccccc2)cc1)C(=O)N[C@H]1c2ccccc2C[C@H]1O. The molecule has 2 amide bonds. The average Bonchev–Trinajstić information content (AvgIpc) is 3.73. The lowest BCUT2D eigenvalue weighted by Gasteiger charge is -2.29. The van der Waals surface area contributed by atoms with Crippen LogP contribution >= 0.6 is 0 Å². The zero-order valence-electron chi connectivity index (χ0n) is 30.8. The molecule has 0 fully saturated rings. The molecule has 5 aromatic rings. The summed E-state index contributed by atoms with van der Waals surface area (Å²) in [6.45, 7) is 6.00. The number of nitrogens with zero attached hydrogens (tertiary/aromatic N) is 4. The number of carbonyl (C=O) groups excluding carboxylic acids is 2. The van der Waals surface area contributed by atoms with Crippen molar-refractivity contribution in [3.63, 3.8) is 0 Å². The van der Waals surface area contributed by atoms with Gasteiger partial charge in [-0.3, -0.25) is 4.79 Å². The largest absolute Gasteiger partial charge is 0.486 e. The first-order chi connectivity index (χ1) is 26.0. The number of alkyl carbamates (subject to hydrolysis) is 1. The standard InChI is InChI=1S/C42H48N6O6/c1-42(2,3)54-41(52)43-35(23-28-12-6-4-7-13-28)36(49)25-32(40(51)44-39-34-17-11-10-16-31(34)24-37(39)50)22-29-18-20-33(21-19-29)53-27-38-45-46-47-48(38)26-30-14-8-5-9-15-30/h4-21,32,35-37,39,49-50H,22-27H2,1-3H3,(H,43,52)(H,44,51)/t32-,35+,36+,37-,39+/m1/s1. The second-order valence-electron chi connectivity index (χ2n) is 14.8. The van der Waals surface area contributed by atoms with Gasteiger partial charge in [-0.25, -0.2) is 9.48 Å². The van der Waals surface area contributed by atoms with Gasteiger partial charge in [-0.15, -0.1) is 5.10 Å². The molecule has 12 nitrogen and oxygen atoms in total. The van der Waals surface area contributed by atoms with Crippen molar-refractivity contribution < 1.29 is 29.3 Å². The van der Waals surface area contributed by atoms with Gasteiger partial charge in [-0.1, -0.05) is 97.1 Å². The summed E-state index contributed by atoms with van der Waals surface area (Å²) in [6, 6.07) is 33.2. The van der Waals surface area contributed by atoms with Crippen molar-refractivity contribution in [3.05, 3.63) is 143 Å². The predicted octanol–water partition coefficient (Wildman–Crippen LogP) is 5.12. The van der Waals surface area contributed by atoms with Crippen LogP contribution in [0.2, 0.25) is 0 Å². The zero-order chi connectivity index (χ0) is 38.1. The van der Waals surface area contributed by atoms with Crippen LogP contribution in [0.5, 0.6) is 5.75 Å². The summed E-state index contributed by atoms with van der Waals surface area (Å²) in [5, 5.41) is 40.7. The first-order valence-electron chi connectivity index (χ1n) is 18.3. The minimum Gasteiger partial charge on any atom is -0.486 e. The molecule has 0 aliphatic heterocycles. The van der Waals surface area contributed by atoms with Crippen molar-refractivity contribution in [2.75, 3.05) is 0 Å². The fourth-order valence-corrected chi connectivity index (χ4v) is 6.73. The molecule has 1 heterocycles. The van der Waals surface area contributed by atoms with E-state index in [4.69, 9.17) is 9.47 Å². The van der Waals surface area contributed by atoms with Crippen LogP contribution in [0, 0.1) is 5.92 Å². The number of carbonyl (C=O) groups is 2. The number of tetrazole rings is 1. The van der Waals surface area contributed by atoms with Crippen molar-refractivity contribution in [2.24, 2.45) is 5.92 Å². The third-order valence-corrected chi connectivity index (χ3v) is 9.42. The molecule has 0 spiro atoms. The van der Waals surface area contributed by atoms with Crippen molar-refractivity contribution >= 4 is 12.0 Å². The number of nitrogens with one attached hydrogen (secondary N) is 2. The molecule has 1 aliphatic carbocycles. The highest BCUT2D eigenvalue weighted by Gasteiger charge is 2.35. The number of benzene rings is 4. The van der Waals surface area contributed by atoms with Gasteiger partial charge in [-0.2, -0.15) is 0 Å². The third-order valence-electron chi connectivity index (χ3n) is 9.42. The Balaban J connectivity index is 1.18. The van der Waals surface area contributed by atoms with Crippen molar-refractivity contribution in [1.82, 2.24) is 30.8 Å². The van der Waals surface area contributed by atoms with Gasteiger partial charge in [0.1, 0.15) is 18.0 Å². The lowest BCUT2D eigenvalue weighted by Crippen LogP contribution is -2.48. The predicted molar refractivity (Wildman–Crippen MR) is 202 cm³/mol. The molecule has 4 aromatic carbocycles. The Kier molecular flexibility index (Phi) is 12.4. The van der Waals surface area contributed by atoms with Gasteiger partial charge in [0.25, 0.3) is 0 Å². The summed E-state index contributed by atoms with van der Waals surface area (Å²) < 4.78 is 13.3. The molecule has 5 atom stereocenters. The smallest absolute Gasteiger partial charge is 0.407 e. The van der Waals surface area contributed by atoms with Crippen LogP contribution in [-0.4, -0.2) is 66.3 Å². The molecule has 6 rings (SSSR count). The number of rotatable bonds is 15. The van der Waals surface area contributed by atoms with Gasteiger partial charge < -0.3 is 30.3 Å². The van der Waals surface area contributed by atoms with E-state index in [0.717, 1.165) is 27.8 Å². The van der Waals surface area contributed by atoms with E-state index in [1.54, 1.807) is 25.5 Å². The van der Waals surface area contributed by atoms with Crippen LogP contribution in [0.3, 0.4) is 0 Å². The van der Waals surface area contributed by atoms with Crippen LogP contribution in [0.15, 0.2) is 109 Å². The Hall–Kier alpha value is -5.59. The third kappa shape index (κ3) is 10.5. The van der Waals surface area contributed by atoms with Crippen LogP contribution in [-0.2, 0) is 41.9 Å². The zero-order valence-corrected chi connectivity index (χ0v) is 30.8. The molecule has 1 aromatic heterocycles. The number of fused-ring (bicyclic) bond motifs is 1. The number of hydrogen-bond acceptors (Lipinski definition) is 9. The molecule has 0 saturated carbocycles. The lowest BCUT2D eigenvalue weighted by molar-refractivity contribution is -0.127. The normalized spacial score (nSPS) is 16.8. The van der Waals surface area contributed by atoms with E-state index in [2.05, 4.69) is 26.2 Å². The summed E-state index contributed by atoms with van der Waals surface area (Å²) in [6.07, 6.45) is -1.46. The van der Waals surface area contributed by atoms with Gasteiger partial charge >= 0.3 is 6.09 Å². The summed E-state index contributed by atoms with van der Waals surface area (Å²) in [7, 11) is 0. The molecular formula is C42H48N6O6. The van der Waals surface area contributed by atoms with Crippen molar-refractivity contribution in [1.29, 1.82) is 0 Å². The van der Waals surface area contributed by atoms with Gasteiger partial charge in [0.15, 0.2) is 5.82 Å². The fraction of sp³-hybridized carbons (Fsp3) is 0.357. The monoisotopic (exact) mass is 732 g/mol. The number of hydrogen-bond donors (Lipinski definition) is 4. The minimum atomic E-state index is -1.11. The van der Waals surface area contributed by atoms with E-state index in [0.29, 0.717) is 31.0 Å². The second-order valence-corrected chi connectivity index (χ2v) is 14.8. The number of ether oxygens (including phenoxy) is 2. The topological polar surface area (TPSA) is 161 Å². The molecule has 0 unspecified atom stereocenters. The first-order valence-corrected chi connectivity index (χ1v) is 18.3. The van der Waals surface area contributed by atoms with E-state index >= 15 is 0 Å². The molecule has 12 heteroatoms. The second kappa shape index (κ2) is 17.5. The number of aliphatic hydroxyl groups is 2.